The third-order valence-corrected chi connectivity index (χ3v) is 3.25. The van der Waals surface area contributed by atoms with Crippen LogP contribution in [0, 0.1) is 5.41 Å². The summed E-state index contributed by atoms with van der Waals surface area (Å²) in [6.45, 7) is 4.38. The zero-order valence-electron chi connectivity index (χ0n) is 8.43. The van der Waals surface area contributed by atoms with Crippen LogP contribution in [0.1, 0.15) is 26.2 Å². The quantitative estimate of drug-likeness (QED) is 0.590. The second-order valence-electron chi connectivity index (χ2n) is 4.38. The zero-order valence-corrected chi connectivity index (χ0v) is 9.25. The van der Waals surface area contributed by atoms with Gasteiger partial charge in [-0.2, -0.15) is 0 Å². The van der Waals surface area contributed by atoms with Crippen molar-refractivity contribution < 1.29 is 4.79 Å². The molecule has 0 bridgehead atoms. The molecule has 2 aliphatic rings. The summed E-state index contributed by atoms with van der Waals surface area (Å²) in [5, 5.41) is 3.39. The Morgan fingerprint density at radius 2 is 2.29 bits per heavy atom. The molecule has 4 nitrogen and oxygen atoms in total. The van der Waals surface area contributed by atoms with Gasteiger partial charge in [-0.1, -0.05) is 6.92 Å². The predicted octanol–water partition coefficient (Wildman–Crippen LogP) is 0.191. The highest BCUT2D eigenvalue weighted by molar-refractivity contribution is 5.85. The highest BCUT2D eigenvalue weighted by atomic mass is 35.5. The molecule has 3 N–H and O–H groups in total. The van der Waals surface area contributed by atoms with E-state index in [1.165, 1.54) is 12.8 Å². The maximum Gasteiger partial charge on any atom is 0.235 e. The van der Waals surface area contributed by atoms with Crippen molar-refractivity contribution in [3.63, 3.8) is 0 Å². The highest BCUT2D eigenvalue weighted by Gasteiger charge is 2.39. The zero-order chi connectivity index (χ0) is 9.31. The van der Waals surface area contributed by atoms with E-state index in [0.29, 0.717) is 12.5 Å². The number of halogens is 1. The van der Waals surface area contributed by atoms with Crippen LogP contribution in [0.2, 0.25) is 0 Å². The molecule has 2 unspecified atom stereocenters. The second-order valence-corrected chi connectivity index (χ2v) is 4.38. The molecule has 2 rings (SSSR count). The Morgan fingerprint density at radius 3 is 2.79 bits per heavy atom. The predicted molar refractivity (Wildman–Crippen MR) is 57.1 cm³/mol. The first-order valence-electron chi connectivity index (χ1n) is 4.96. The Balaban J connectivity index is 0.000000980. The van der Waals surface area contributed by atoms with Crippen molar-refractivity contribution in [2.24, 2.45) is 5.41 Å². The molecule has 14 heavy (non-hydrogen) atoms. The molecule has 2 aliphatic heterocycles. The average molecular weight is 220 g/mol. The first kappa shape index (κ1) is 11.8. The molecule has 5 heteroatoms. The summed E-state index contributed by atoms with van der Waals surface area (Å²) in [6, 6.07) is 0.299. The van der Waals surface area contributed by atoms with Gasteiger partial charge in [0.1, 0.15) is 0 Å². The van der Waals surface area contributed by atoms with Crippen molar-refractivity contribution in [3.05, 3.63) is 0 Å². The van der Waals surface area contributed by atoms with E-state index in [-0.39, 0.29) is 23.7 Å². The number of hydrogen-bond donors (Lipinski definition) is 3. The molecule has 2 saturated heterocycles. The molecule has 0 aliphatic carbocycles. The van der Waals surface area contributed by atoms with E-state index in [1.807, 2.05) is 0 Å². The van der Waals surface area contributed by atoms with Gasteiger partial charge < -0.3 is 5.32 Å². The van der Waals surface area contributed by atoms with E-state index >= 15 is 0 Å². The molecule has 82 valence electrons. The third-order valence-electron chi connectivity index (χ3n) is 3.25. The molecule has 1 amide bonds. The van der Waals surface area contributed by atoms with Crippen LogP contribution < -0.4 is 16.2 Å². The van der Waals surface area contributed by atoms with Crippen molar-refractivity contribution >= 4 is 18.3 Å². The minimum atomic E-state index is 0. The van der Waals surface area contributed by atoms with Crippen molar-refractivity contribution in [2.45, 2.75) is 32.2 Å². The summed E-state index contributed by atoms with van der Waals surface area (Å²) in [7, 11) is 0. The van der Waals surface area contributed by atoms with E-state index < -0.39 is 0 Å². The molecular formula is C9H18ClN3O. The Morgan fingerprint density at radius 1 is 1.50 bits per heavy atom. The first-order valence-corrected chi connectivity index (χ1v) is 4.96. The maximum atomic E-state index is 11.0. The smallest absolute Gasteiger partial charge is 0.235 e. The fourth-order valence-corrected chi connectivity index (χ4v) is 2.25. The highest BCUT2D eigenvalue weighted by Crippen LogP contribution is 2.32. The second kappa shape index (κ2) is 4.47. The number of carbonyl (C=O) groups is 1. The molecule has 0 aromatic carbocycles. The first-order chi connectivity index (χ1) is 6.21. The number of hydrogen-bond acceptors (Lipinski definition) is 3. The number of hydrazine groups is 1. The van der Waals surface area contributed by atoms with E-state index in [1.54, 1.807) is 0 Å². The van der Waals surface area contributed by atoms with Gasteiger partial charge in [-0.3, -0.25) is 10.2 Å². The van der Waals surface area contributed by atoms with E-state index in [0.717, 1.165) is 13.1 Å². The minimum absolute atomic E-state index is 0. The normalized spacial score (nSPS) is 37.5. The van der Waals surface area contributed by atoms with Crippen molar-refractivity contribution in [1.82, 2.24) is 16.2 Å². The van der Waals surface area contributed by atoms with E-state index in [9.17, 15) is 4.79 Å². The van der Waals surface area contributed by atoms with Crippen molar-refractivity contribution in [3.8, 4) is 0 Å². The number of rotatable bonds is 1. The molecule has 2 heterocycles. The van der Waals surface area contributed by atoms with Gasteiger partial charge in [0.05, 0.1) is 0 Å². The van der Waals surface area contributed by atoms with Gasteiger partial charge in [0, 0.05) is 19.0 Å². The summed E-state index contributed by atoms with van der Waals surface area (Å²) < 4.78 is 0. The van der Waals surface area contributed by atoms with Gasteiger partial charge in [-0.05, 0) is 24.8 Å². The average Bonchev–Trinajstić information content (AvgIpc) is 2.54. The van der Waals surface area contributed by atoms with Gasteiger partial charge in [-0.15, -0.1) is 12.4 Å². The SMILES string of the molecule is CC1(C2CC(=O)NN2)CCCNC1.Cl. The molecule has 0 aromatic rings. The van der Waals surface area contributed by atoms with Crippen LogP contribution in [0.25, 0.3) is 0 Å². The Hall–Kier alpha value is -0.320. The number of piperidine rings is 1. The lowest BCUT2D eigenvalue weighted by molar-refractivity contribution is -0.119. The third kappa shape index (κ3) is 2.19. The van der Waals surface area contributed by atoms with Crippen LogP contribution in [0.4, 0.5) is 0 Å². The molecule has 2 fully saturated rings. The van der Waals surface area contributed by atoms with Crippen LogP contribution in [0.3, 0.4) is 0 Å². The lowest BCUT2D eigenvalue weighted by Gasteiger charge is -2.38. The molecule has 0 spiro atoms. The molecule has 0 radical (unpaired) electrons. The summed E-state index contributed by atoms with van der Waals surface area (Å²) in [4.78, 5) is 11.0. The van der Waals surface area contributed by atoms with E-state index in [4.69, 9.17) is 0 Å². The largest absolute Gasteiger partial charge is 0.316 e. The van der Waals surface area contributed by atoms with Crippen LogP contribution in [-0.4, -0.2) is 25.0 Å². The molecule has 0 aromatic heterocycles. The summed E-state index contributed by atoms with van der Waals surface area (Å²) in [5.74, 6) is 0.122. The van der Waals surface area contributed by atoms with Gasteiger partial charge >= 0.3 is 0 Å². The molecular weight excluding hydrogens is 202 g/mol. The maximum absolute atomic E-state index is 11.0. The fourth-order valence-electron chi connectivity index (χ4n) is 2.25. The van der Waals surface area contributed by atoms with Crippen LogP contribution in [0.5, 0.6) is 0 Å². The summed E-state index contributed by atoms with van der Waals surface area (Å²) >= 11 is 0. The molecule has 2 atom stereocenters. The van der Waals surface area contributed by atoms with Gasteiger partial charge in [0.2, 0.25) is 5.91 Å². The summed E-state index contributed by atoms with van der Waals surface area (Å²) in [5.41, 5.74) is 5.99. The number of carbonyl (C=O) groups excluding carboxylic acids is 1. The van der Waals surface area contributed by atoms with E-state index in [2.05, 4.69) is 23.1 Å². The minimum Gasteiger partial charge on any atom is -0.316 e. The molecule has 0 saturated carbocycles. The van der Waals surface area contributed by atoms with Crippen molar-refractivity contribution in [2.75, 3.05) is 13.1 Å². The number of amides is 1. The van der Waals surface area contributed by atoms with Crippen molar-refractivity contribution in [1.29, 1.82) is 0 Å². The van der Waals surface area contributed by atoms with Gasteiger partial charge in [0.25, 0.3) is 0 Å². The summed E-state index contributed by atoms with van der Waals surface area (Å²) in [6.07, 6.45) is 3.04. The Bertz CT molecular complexity index is 216. The van der Waals surface area contributed by atoms with Crippen LogP contribution in [0.15, 0.2) is 0 Å². The topological polar surface area (TPSA) is 53.2 Å². The van der Waals surface area contributed by atoms with Gasteiger partial charge in [0.15, 0.2) is 0 Å². The standard InChI is InChI=1S/C9H17N3O.ClH/c1-9(3-2-4-10-6-9)7-5-8(13)12-11-7;/h7,10-11H,2-6H2,1H3,(H,12,13);1H. The lowest BCUT2D eigenvalue weighted by atomic mass is 9.75. The lowest BCUT2D eigenvalue weighted by Crippen LogP contribution is -2.50. The van der Waals surface area contributed by atoms with Crippen LogP contribution >= 0.6 is 12.4 Å². The Kier molecular flexibility index (Phi) is 3.75. The number of nitrogens with one attached hydrogen (secondary N) is 3. The Labute approximate surface area is 90.6 Å². The fraction of sp³-hybridized carbons (Fsp3) is 0.889. The van der Waals surface area contributed by atoms with Gasteiger partial charge in [-0.25, -0.2) is 5.43 Å². The van der Waals surface area contributed by atoms with Crippen LogP contribution in [-0.2, 0) is 4.79 Å². The monoisotopic (exact) mass is 219 g/mol.